The third-order valence-corrected chi connectivity index (χ3v) is 2.95. The highest BCUT2D eigenvalue weighted by atomic mass is 15.1. The molecule has 0 saturated heterocycles. The van der Waals surface area contributed by atoms with E-state index in [4.69, 9.17) is 6.57 Å². The zero-order valence-corrected chi connectivity index (χ0v) is 10.4. The number of rotatable bonds is 4. The lowest BCUT2D eigenvalue weighted by molar-refractivity contribution is 0.524. The lowest BCUT2D eigenvalue weighted by Gasteiger charge is -2.15. The normalized spacial score (nSPS) is 13.6. The summed E-state index contributed by atoms with van der Waals surface area (Å²) in [7, 11) is 0. The molecular weight excluding hydrogens is 220 g/mol. The fraction of sp³-hybridized carbons (Fsp3) is 0.188. The summed E-state index contributed by atoms with van der Waals surface area (Å²) < 4.78 is 0. The SMILES string of the molecule is [C-]#[N+][C@H](N[C@@H](C)c1ccccc1)c1ccccc1. The van der Waals surface area contributed by atoms with E-state index >= 15 is 0 Å². The van der Waals surface area contributed by atoms with Crippen LogP contribution >= 0.6 is 0 Å². The standard InChI is InChI=1S/C16H16N2/c1-13(14-9-5-3-6-10-14)18-16(17-2)15-11-7-4-8-12-15/h3-13,16,18H,1H3/t13-,16+/m0/s1. The first-order valence-corrected chi connectivity index (χ1v) is 6.04. The van der Waals surface area contributed by atoms with Crippen molar-refractivity contribution in [1.82, 2.24) is 5.32 Å². The molecule has 0 aromatic heterocycles. The molecule has 0 aliphatic carbocycles. The zero-order chi connectivity index (χ0) is 12.8. The second kappa shape index (κ2) is 6.00. The van der Waals surface area contributed by atoms with E-state index < -0.39 is 0 Å². The minimum absolute atomic E-state index is 0.158. The summed E-state index contributed by atoms with van der Waals surface area (Å²) in [5.74, 6) is 0. The molecule has 2 aromatic carbocycles. The summed E-state index contributed by atoms with van der Waals surface area (Å²) in [5, 5.41) is 3.35. The van der Waals surface area contributed by atoms with Crippen molar-refractivity contribution >= 4 is 0 Å². The molecule has 0 aliphatic rings. The van der Waals surface area contributed by atoms with Gasteiger partial charge in [0.2, 0.25) is 0 Å². The van der Waals surface area contributed by atoms with Gasteiger partial charge in [0, 0.05) is 6.04 Å². The Labute approximate surface area is 108 Å². The molecule has 2 atom stereocenters. The first kappa shape index (κ1) is 12.3. The van der Waals surface area contributed by atoms with Gasteiger partial charge >= 0.3 is 6.17 Å². The van der Waals surface area contributed by atoms with Crippen molar-refractivity contribution in [3.63, 3.8) is 0 Å². The molecule has 0 aliphatic heterocycles. The number of benzene rings is 2. The Bertz CT molecular complexity index is 514. The minimum Gasteiger partial charge on any atom is -0.291 e. The van der Waals surface area contributed by atoms with Crippen molar-refractivity contribution in [2.45, 2.75) is 19.1 Å². The molecule has 0 radical (unpaired) electrons. The fourth-order valence-corrected chi connectivity index (χ4v) is 1.92. The molecular formula is C16H16N2. The predicted molar refractivity (Wildman–Crippen MR) is 73.8 cm³/mol. The molecule has 0 unspecified atom stereocenters. The van der Waals surface area contributed by atoms with Gasteiger partial charge in [-0.05, 0) is 24.6 Å². The highest BCUT2D eigenvalue weighted by Crippen LogP contribution is 2.20. The molecule has 0 bridgehead atoms. The van der Waals surface area contributed by atoms with Crippen LogP contribution < -0.4 is 5.32 Å². The van der Waals surface area contributed by atoms with Crippen molar-refractivity contribution in [2.75, 3.05) is 0 Å². The number of hydrogen-bond donors (Lipinski definition) is 1. The molecule has 0 amide bonds. The molecule has 18 heavy (non-hydrogen) atoms. The number of nitrogens with zero attached hydrogens (tertiary/aromatic N) is 1. The van der Waals surface area contributed by atoms with Crippen molar-refractivity contribution in [3.8, 4) is 0 Å². The van der Waals surface area contributed by atoms with E-state index in [0.717, 1.165) is 5.56 Å². The van der Waals surface area contributed by atoms with Crippen molar-refractivity contribution < 1.29 is 0 Å². The van der Waals surface area contributed by atoms with Gasteiger partial charge in [0.15, 0.2) is 0 Å². The van der Waals surface area contributed by atoms with Gasteiger partial charge in [-0.15, -0.1) is 0 Å². The van der Waals surface area contributed by atoms with E-state index in [0.29, 0.717) is 0 Å². The zero-order valence-electron chi connectivity index (χ0n) is 10.4. The summed E-state index contributed by atoms with van der Waals surface area (Å²) in [6.45, 7) is 9.40. The van der Waals surface area contributed by atoms with Crippen LogP contribution in [0.25, 0.3) is 4.85 Å². The van der Waals surface area contributed by atoms with Crippen LogP contribution in [0, 0.1) is 6.57 Å². The van der Waals surface area contributed by atoms with Crippen molar-refractivity contribution in [3.05, 3.63) is 83.2 Å². The van der Waals surface area contributed by atoms with Gasteiger partial charge in [-0.1, -0.05) is 48.5 Å². The summed E-state index contributed by atoms with van der Waals surface area (Å²) in [4.78, 5) is 3.66. The van der Waals surface area contributed by atoms with Crippen LogP contribution in [0.5, 0.6) is 0 Å². The summed E-state index contributed by atoms with van der Waals surface area (Å²) in [6.07, 6.45) is -0.290. The fourth-order valence-electron chi connectivity index (χ4n) is 1.92. The third kappa shape index (κ3) is 2.97. The highest BCUT2D eigenvalue weighted by molar-refractivity contribution is 5.23. The van der Waals surface area contributed by atoms with Gasteiger partial charge in [0.25, 0.3) is 0 Å². The topological polar surface area (TPSA) is 16.4 Å². The van der Waals surface area contributed by atoms with Crippen molar-refractivity contribution in [1.29, 1.82) is 0 Å². The van der Waals surface area contributed by atoms with E-state index in [2.05, 4.69) is 29.2 Å². The van der Waals surface area contributed by atoms with E-state index in [1.807, 2.05) is 48.5 Å². The second-order valence-corrected chi connectivity index (χ2v) is 4.24. The molecule has 2 nitrogen and oxygen atoms in total. The second-order valence-electron chi connectivity index (χ2n) is 4.24. The van der Waals surface area contributed by atoms with Crippen LogP contribution in [0.3, 0.4) is 0 Å². The van der Waals surface area contributed by atoms with Gasteiger partial charge in [-0.25, -0.2) is 11.9 Å². The quantitative estimate of drug-likeness (QED) is 0.795. The van der Waals surface area contributed by atoms with Crippen LogP contribution in [0.1, 0.15) is 30.3 Å². The molecule has 90 valence electrons. The van der Waals surface area contributed by atoms with Crippen LogP contribution in [0.2, 0.25) is 0 Å². The maximum atomic E-state index is 7.32. The smallest absolute Gasteiger partial charge is 0.291 e. The van der Waals surface area contributed by atoms with E-state index in [-0.39, 0.29) is 12.2 Å². The summed E-state index contributed by atoms with van der Waals surface area (Å²) in [5.41, 5.74) is 2.21. The monoisotopic (exact) mass is 236 g/mol. The van der Waals surface area contributed by atoms with Crippen LogP contribution in [0.4, 0.5) is 0 Å². The Balaban J connectivity index is 2.11. The molecule has 2 heteroatoms. The first-order chi connectivity index (χ1) is 8.81. The average molecular weight is 236 g/mol. The molecule has 2 rings (SSSR count). The minimum atomic E-state index is -0.290. The number of nitrogens with one attached hydrogen (secondary N) is 1. The Hall–Kier alpha value is -2.11. The largest absolute Gasteiger partial charge is 0.303 e. The highest BCUT2D eigenvalue weighted by Gasteiger charge is 2.18. The Kier molecular flexibility index (Phi) is 4.11. The van der Waals surface area contributed by atoms with Gasteiger partial charge in [-0.3, -0.25) is 4.85 Å². The molecule has 0 saturated carbocycles. The molecule has 1 N–H and O–H groups in total. The Morgan fingerprint density at radius 1 is 0.889 bits per heavy atom. The lowest BCUT2D eigenvalue weighted by Crippen LogP contribution is -2.22. The predicted octanol–water partition coefficient (Wildman–Crippen LogP) is 3.96. The van der Waals surface area contributed by atoms with Gasteiger partial charge in [0.1, 0.15) is 0 Å². The van der Waals surface area contributed by atoms with Gasteiger partial charge in [-0.2, -0.15) is 0 Å². The average Bonchev–Trinajstić information content (AvgIpc) is 2.46. The van der Waals surface area contributed by atoms with E-state index in [1.54, 1.807) is 0 Å². The Morgan fingerprint density at radius 3 is 1.89 bits per heavy atom. The lowest BCUT2D eigenvalue weighted by atomic mass is 10.1. The van der Waals surface area contributed by atoms with Crippen LogP contribution in [0.15, 0.2) is 60.7 Å². The van der Waals surface area contributed by atoms with Crippen molar-refractivity contribution in [2.24, 2.45) is 0 Å². The maximum Gasteiger partial charge on any atom is 0.303 e. The molecule has 2 aromatic rings. The molecule has 0 heterocycles. The van der Waals surface area contributed by atoms with E-state index in [9.17, 15) is 0 Å². The molecule has 0 spiro atoms. The first-order valence-electron chi connectivity index (χ1n) is 6.04. The Morgan fingerprint density at radius 2 is 1.39 bits per heavy atom. The number of hydrogen-bond acceptors (Lipinski definition) is 1. The van der Waals surface area contributed by atoms with Crippen LogP contribution in [-0.4, -0.2) is 0 Å². The van der Waals surface area contributed by atoms with Gasteiger partial charge < -0.3 is 0 Å². The molecule has 0 fully saturated rings. The van der Waals surface area contributed by atoms with E-state index in [1.165, 1.54) is 5.56 Å². The van der Waals surface area contributed by atoms with Crippen LogP contribution in [-0.2, 0) is 0 Å². The summed E-state index contributed by atoms with van der Waals surface area (Å²) >= 11 is 0. The van der Waals surface area contributed by atoms with Gasteiger partial charge in [0.05, 0.1) is 5.56 Å². The maximum absolute atomic E-state index is 7.32. The third-order valence-electron chi connectivity index (χ3n) is 2.95. The summed E-state index contributed by atoms with van der Waals surface area (Å²) in [6, 6.07) is 20.2.